The number of ether oxygens (including phenoxy) is 1. The van der Waals surface area contributed by atoms with Crippen LogP contribution in [0.15, 0.2) is 0 Å². The second-order valence-electron chi connectivity index (χ2n) is 7.20. The molecule has 0 saturated heterocycles. The van der Waals surface area contributed by atoms with Gasteiger partial charge in [-0.1, -0.05) is 26.2 Å². The van der Waals surface area contributed by atoms with Crippen LogP contribution in [0.5, 0.6) is 0 Å². The highest BCUT2D eigenvalue weighted by atomic mass is 16.5. The first-order valence-corrected chi connectivity index (χ1v) is 8.37. The van der Waals surface area contributed by atoms with Gasteiger partial charge in [0.2, 0.25) is 0 Å². The highest BCUT2D eigenvalue weighted by Gasteiger charge is 2.42. The van der Waals surface area contributed by atoms with E-state index < -0.39 is 0 Å². The van der Waals surface area contributed by atoms with Crippen LogP contribution in [0.4, 0.5) is 0 Å². The summed E-state index contributed by atoms with van der Waals surface area (Å²) in [4.78, 5) is 10.2. The predicted octanol–water partition coefficient (Wildman–Crippen LogP) is 3.83. The van der Waals surface area contributed by atoms with Gasteiger partial charge in [0.05, 0.1) is 12.7 Å². The summed E-state index contributed by atoms with van der Waals surface area (Å²) in [5, 5.41) is 10.0. The molecule has 0 aromatic carbocycles. The zero-order chi connectivity index (χ0) is 14.5. The number of hydrogen-bond donors (Lipinski definition) is 1. The summed E-state index contributed by atoms with van der Waals surface area (Å²) >= 11 is 0. The van der Waals surface area contributed by atoms with E-state index in [2.05, 4.69) is 6.92 Å². The molecule has 2 fully saturated rings. The van der Waals surface area contributed by atoms with E-state index in [9.17, 15) is 9.90 Å². The monoisotopic (exact) mass is 282 g/mol. The van der Waals surface area contributed by atoms with Crippen LogP contribution in [0.2, 0.25) is 0 Å². The van der Waals surface area contributed by atoms with Gasteiger partial charge < -0.3 is 9.84 Å². The Kier molecular flexibility index (Phi) is 5.48. The van der Waals surface area contributed by atoms with E-state index in [0.29, 0.717) is 18.5 Å². The van der Waals surface area contributed by atoms with Gasteiger partial charge in [-0.15, -0.1) is 0 Å². The summed E-state index contributed by atoms with van der Waals surface area (Å²) in [5.41, 5.74) is 0.921. The molecule has 3 nitrogen and oxygen atoms in total. The molecule has 0 aromatic heterocycles. The SMILES string of the molecule is CCC1(CCCC(O)CCCC2(COC=O)CC2)CC1. The van der Waals surface area contributed by atoms with Crippen molar-refractivity contribution in [2.45, 2.75) is 83.7 Å². The van der Waals surface area contributed by atoms with Crippen molar-refractivity contribution in [1.82, 2.24) is 0 Å². The fraction of sp³-hybridized carbons (Fsp3) is 0.941. The molecule has 20 heavy (non-hydrogen) atoms. The van der Waals surface area contributed by atoms with Gasteiger partial charge in [-0.3, -0.25) is 4.79 Å². The molecular formula is C17H30O3. The average Bonchev–Trinajstić information content (AvgIpc) is 3.34. The molecule has 116 valence electrons. The van der Waals surface area contributed by atoms with Crippen LogP contribution >= 0.6 is 0 Å². The van der Waals surface area contributed by atoms with Gasteiger partial charge in [0.15, 0.2) is 0 Å². The minimum Gasteiger partial charge on any atom is -0.467 e. The summed E-state index contributed by atoms with van der Waals surface area (Å²) in [6.07, 6.45) is 12.8. The second-order valence-corrected chi connectivity index (χ2v) is 7.20. The maximum atomic E-state index is 10.2. The molecule has 0 amide bonds. The Labute approximate surface area is 123 Å². The molecule has 0 radical (unpaired) electrons. The Morgan fingerprint density at radius 2 is 1.65 bits per heavy atom. The molecule has 0 aromatic rings. The van der Waals surface area contributed by atoms with Crippen molar-refractivity contribution >= 4 is 6.47 Å². The van der Waals surface area contributed by atoms with Crippen LogP contribution in [0.1, 0.15) is 77.6 Å². The van der Waals surface area contributed by atoms with Crippen molar-refractivity contribution < 1.29 is 14.6 Å². The Balaban J connectivity index is 1.50. The van der Waals surface area contributed by atoms with Crippen molar-refractivity contribution in [2.24, 2.45) is 10.8 Å². The molecule has 2 rings (SSSR count). The molecular weight excluding hydrogens is 252 g/mol. The van der Waals surface area contributed by atoms with Crippen LogP contribution in [-0.4, -0.2) is 24.3 Å². The van der Waals surface area contributed by atoms with E-state index in [4.69, 9.17) is 4.74 Å². The first kappa shape index (κ1) is 15.8. The van der Waals surface area contributed by atoms with Crippen LogP contribution in [-0.2, 0) is 9.53 Å². The summed E-state index contributed by atoms with van der Waals surface area (Å²) in [6.45, 7) is 3.42. The summed E-state index contributed by atoms with van der Waals surface area (Å²) in [5.74, 6) is 0. The van der Waals surface area contributed by atoms with Crippen LogP contribution in [0, 0.1) is 10.8 Å². The first-order valence-electron chi connectivity index (χ1n) is 8.37. The summed E-state index contributed by atoms with van der Waals surface area (Å²) in [6, 6.07) is 0. The number of hydrogen-bond acceptors (Lipinski definition) is 3. The molecule has 1 atom stereocenters. The number of aliphatic hydroxyl groups is 1. The van der Waals surface area contributed by atoms with Crippen molar-refractivity contribution in [3.05, 3.63) is 0 Å². The lowest BCUT2D eigenvalue weighted by molar-refractivity contribution is -0.130. The molecule has 1 unspecified atom stereocenters. The van der Waals surface area contributed by atoms with E-state index in [0.717, 1.165) is 25.7 Å². The fourth-order valence-corrected chi connectivity index (χ4v) is 3.38. The highest BCUT2D eigenvalue weighted by molar-refractivity contribution is 5.37. The summed E-state index contributed by atoms with van der Waals surface area (Å²) in [7, 11) is 0. The lowest BCUT2D eigenvalue weighted by Crippen LogP contribution is -2.12. The molecule has 2 aliphatic rings. The Morgan fingerprint density at radius 1 is 1.10 bits per heavy atom. The molecule has 1 N–H and O–H groups in total. The van der Waals surface area contributed by atoms with Crippen LogP contribution < -0.4 is 0 Å². The second kappa shape index (κ2) is 6.93. The third-order valence-electron chi connectivity index (χ3n) is 5.61. The van der Waals surface area contributed by atoms with Crippen molar-refractivity contribution in [3.8, 4) is 0 Å². The topological polar surface area (TPSA) is 46.5 Å². The van der Waals surface area contributed by atoms with Crippen molar-refractivity contribution in [2.75, 3.05) is 6.61 Å². The average molecular weight is 282 g/mol. The lowest BCUT2D eigenvalue weighted by atomic mass is 9.93. The Hall–Kier alpha value is -0.570. The van der Waals surface area contributed by atoms with Gasteiger partial charge >= 0.3 is 0 Å². The first-order chi connectivity index (χ1) is 9.64. The van der Waals surface area contributed by atoms with Gasteiger partial charge in [0.25, 0.3) is 6.47 Å². The zero-order valence-corrected chi connectivity index (χ0v) is 12.9. The van der Waals surface area contributed by atoms with Gasteiger partial charge in [-0.05, 0) is 56.8 Å². The fourth-order valence-electron chi connectivity index (χ4n) is 3.38. The molecule has 0 spiro atoms. The number of carbonyl (C=O) groups excluding carboxylic acids is 1. The molecule has 0 heterocycles. The smallest absolute Gasteiger partial charge is 0.293 e. The normalized spacial score (nSPS) is 23.1. The van der Waals surface area contributed by atoms with Crippen molar-refractivity contribution in [3.63, 3.8) is 0 Å². The summed E-state index contributed by atoms with van der Waals surface area (Å²) < 4.78 is 4.90. The van der Waals surface area contributed by atoms with Crippen LogP contribution in [0.25, 0.3) is 0 Å². The molecule has 2 aliphatic carbocycles. The Morgan fingerprint density at radius 3 is 2.10 bits per heavy atom. The Bertz CT molecular complexity index is 305. The van der Waals surface area contributed by atoms with Gasteiger partial charge in [0, 0.05) is 5.41 Å². The van der Waals surface area contributed by atoms with Crippen molar-refractivity contribution in [1.29, 1.82) is 0 Å². The largest absolute Gasteiger partial charge is 0.467 e. The standard InChI is InChI=1S/C17H30O3/c1-2-16(9-10-16)7-3-5-15(19)6-4-8-17(11-12-17)13-20-14-18/h14-15,19H,2-13H2,1H3. The minimum absolute atomic E-state index is 0.134. The number of rotatable bonds is 12. The number of carbonyl (C=O) groups is 1. The highest BCUT2D eigenvalue weighted by Crippen LogP contribution is 2.52. The zero-order valence-electron chi connectivity index (χ0n) is 12.9. The van der Waals surface area contributed by atoms with Crippen LogP contribution in [0.3, 0.4) is 0 Å². The lowest BCUT2D eigenvalue weighted by Gasteiger charge is -2.16. The van der Waals surface area contributed by atoms with E-state index in [1.54, 1.807) is 0 Å². The molecule has 0 aliphatic heterocycles. The van der Waals surface area contributed by atoms with E-state index in [1.165, 1.54) is 44.9 Å². The predicted molar refractivity (Wildman–Crippen MR) is 79.3 cm³/mol. The number of aliphatic hydroxyl groups excluding tert-OH is 1. The third-order valence-corrected chi connectivity index (χ3v) is 5.61. The quantitative estimate of drug-likeness (QED) is 0.553. The van der Waals surface area contributed by atoms with Gasteiger partial charge in [-0.2, -0.15) is 0 Å². The van der Waals surface area contributed by atoms with E-state index in [1.807, 2.05) is 0 Å². The van der Waals surface area contributed by atoms with E-state index in [-0.39, 0.29) is 11.5 Å². The molecule has 2 saturated carbocycles. The van der Waals surface area contributed by atoms with Gasteiger partial charge in [0.1, 0.15) is 0 Å². The van der Waals surface area contributed by atoms with Gasteiger partial charge in [-0.25, -0.2) is 0 Å². The molecule has 3 heteroatoms. The minimum atomic E-state index is -0.134. The maximum Gasteiger partial charge on any atom is 0.293 e. The third kappa shape index (κ3) is 4.76. The van der Waals surface area contributed by atoms with E-state index >= 15 is 0 Å². The maximum absolute atomic E-state index is 10.2. The molecule has 0 bridgehead atoms.